The number of nitrogens with two attached hydrogens (primary N) is 1. The Kier molecular flexibility index (Phi) is 4.12. The Hall–Kier alpha value is -1.06. The third-order valence-corrected chi connectivity index (χ3v) is 2.68. The van der Waals surface area contributed by atoms with E-state index in [0.717, 1.165) is 11.1 Å². The van der Waals surface area contributed by atoms with E-state index in [1.807, 2.05) is 19.1 Å². The van der Waals surface area contributed by atoms with Crippen LogP contribution in [0.3, 0.4) is 0 Å². The molecule has 0 heterocycles. The number of phenolic OH excluding ortho intramolecular Hbond substituents is 1. The summed E-state index contributed by atoms with van der Waals surface area (Å²) in [7, 11) is 0. The molecule has 0 fully saturated rings. The Morgan fingerprint density at radius 3 is 2.60 bits per heavy atom. The van der Waals surface area contributed by atoms with Gasteiger partial charge in [0.15, 0.2) is 0 Å². The molecular weight excluding hydrogens is 190 g/mol. The average Bonchev–Trinajstić information content (AvgIpc) is 2.16. The van der Waals surface area contributed by atoms with Gasteiger partial charge in [0.05, 0.1) is 6.10 Å². The lowest BCUT2D eigenvalue weighted by atomic mass is 9.99. The predicted molar refractivity (Wildman–Crippen MR) is 60.8 cm³/mol. The molecule has 0 spiro atoms. The topological polar surface area (TPSA) is 66.5 Å². The van der Waals surface area contributed by atoms with Crippen LogP contribution in [0.1, 0.15) is 24.5 Å². The third kappa shape index (κ3) is 3.22. The van der Waals surface area contributed by atoms with Gasteiger partial charge in [0, 0.05) is 6.04 Å². The summed E-state index contributed by atoms with van der Waals surface area (Å²) in [5.41, 5.74) is 7.51. The van der Waals surface area contributed by atoms with Crippen LogP contribution in [0.5, 0.6) is 5.75 Å². The third-order valence-electron chi connectivity index (χ3n) is 2.68. The second kappa shape index (κ2) is 5.14. The Morgan fingerprint density at radius 1 is 1.40 bits per heavy atom. The number of benzene rings is 1. The van der Waals surface area contributed by atoms with Gasteiger partial charge in [-0.2, -0.15) is 0 Å². The van der Waals surface area contributed by atoms with Gasteiger partial charge in [-0.1, -0.05) is 12.1 Å². The quantitative estimate of drug-likeness (QED) is 0.701. The first kappa shape index (κ1) is 12.0. The zero-order valence-electron chi connectivity index (χ0n) is 9.27. The van der Waals surface area contributed by atoms with Gasteiger partial charge in [0.2, 0.25) is 0 Å². The van der Waals surface area contributed by atoms with E-state index < -0.39 is 6.10 Å². The van der Waals surface area contributed by atoms with Gasteiger partial charge in [0.1, 0.15) is 5.75 Å². The van der Waals surface area contributed by atoms with Crippen molar-refractivity contribution < 1.29 is 10.2 Å². The monoisotopic (exact) mass is 209 g/mol. The molecule has 1 rings (SSSR count). The molecule has 0 saturated heterocycles. The molecule has 0 saturated carbocycles. The minimum atomic E-state index is -0.510. The maximum atomic E-state index is 9.63. The summed E-state index contributed by atoms with van der Waals surface area (Å²) in [6, 6.07) is 5.21. The number of aliphatic hydroxyl groups excluding tert-OH is 1. The molecule has 0 aliphatic heterocycles. The molecule has 3 heteroatoms. The van der Waals surface area contributed by atoms with E-state index >= 15 is 0 Å². The van der Waals surface area contributed by atoms with Gasteiger partial charge >= 0.3 is 0 Å². The summed E-state index contributed by atoms with van der Waals surface area (Å²) in [5.74, 6) is 0.298. The van der Waals surface area contributed by atoms with Crippen molar-refractivity contribution in [2.45, 2.75) is 38.8 Å². The first-order valence-electron chi connectivity index (χ1n) is 5.23. The lowest BCUT2D eigenvalue weighted by molar-refractivity contribution is 0.141. The zero-order valence-corrected chi connectivity index (χ0v) is 9.27. The smallest absolute Gasteiger partial charge is 0.119 e. The molecule has 15 heavy (non-hydrogen) atoms. The molecule has 2 atom stereocenters. The number of hydrogen-bond acceptors (Lipinski definition) is 3. The van der Waals surface area contributed by atoms with E-state index in [4.69, 9.17) is 5.73 Å². The van der Waals surface area contributed by atoms with Crippen molar-refractivity contribution in [3.05, 3.63) is 29.3 Å². The lowest BCUT2D eigenvalue weighted by Gasteiger charge is -2.15. The molecule has 3 nitrogen and oxygen atoms in total. The molecule has 1 aromatic carbocycles. The van der Waals surface area contributed by atoms with Crippen molar-refractivity contribution in [3.63, 3.8) is 0 Å². The van der Waals surface area contributed by atoms with E-state index in [1.54, 1.807) is 13.0 Å². The minimum absolute atomic E-state index is 0.226. The normalized spacial score (nSPS) is 14.9. The van der Waals surface area contributed by atoms with Crippen molar-refractivity contribution in [2.24, 2.45) is 5.73 Å². The molecule has 0 bridgehead atoms. The van der Waals surface area contributed by atoms with E-state index in [9.17, 15) is 10.2 Å². The highest BCUT2D eigenvalue weighted by atomic mass is 16.3. The fourth-order valence-corrected chi connectivity index (χ4v) is 1.57. The van der Waals surface area contributed by atoms with Crippen molar-refractivity contribution in [1.29, 1.82) is 0 Å². The number of aromatic hydroxyl groups is 1. The van der Waals surface area contributed by atoms with Crippen LogP contribution in [0.15, 0.2) is 18.2 Å². The Morgan fingerprint density at radius 2 is 2.07 bits per heavy atom. The van der Waals surface area contributed by atoms with Crippen LogP contribution in [0, 0.1) is 6.92 Å². The second-order valence-electron chi connectivity index (χ2n) is 4.04. The lowest BCUT2D eigenvalue weighted by Crippen LogP contribution is -2.31. The number of phenols is 1. The molecule has 0 radical (unpaired) electrons. The van der Waals surface area contributed by atoms with Crippen molar-refractivity contribution in [2.75, 3.05) is 0 Å². The van der Waals surface area contributed by atoms with Gasteiger partial charge in [0.25, 0.3) is 0 Å². The van der Waals surface area contributed by atoms with Crippen molar-refractivity contribution in [3.8, 4) is 5.75 Å². The van der Waals surface area contributed by atoms with E-state index in [-0.39, 0.29) is 6.04 Å². The summed E-state index contributed by atoms with van der Waals surface area (Å²) in [6.45, 7) is 3.73. The van der Waals surface area contributed by atoms with E-state index in [2.05, 4.69) is 0 Å². The number of hydrogen-bond donors (Lipinski definition) is 3. The molecule has 0 amide bonds. The van der Waals surface area contributed by atoms with Gasteiger partial charge in [-0.05, 0) is 43.9 Å². The summed E-state index contributed by atoms with van der Waals surface area (Å²) in [5, 5.41) is 19.2. The van der Waals surface area contributed by atoms with Crippen molar-refractivity contribution in [1.82, 2.24) is 0 Å². The molecule has 1 aromatic rings. The maximum absolute atomic E-state index is 9.63. The van der Waals surface area contributed by atoms with E-state index in [1.165, 1.54) is 0 Å². The SMILES string of the molecule is Cc1cccc(O)c1CCC(O)C(C)N. The summed E-state index contributed by atoms with van der Waals surface area (Å²) < 4.78 is 0. The summed E-state index contributed by atoms with van der Waals surface area (Å²) in [6.07, 6.45) is 0.723. The van der Waals surface area contributed by atoms with Gasteiger partial charge in [-0.3, -0.25) is 0 Å². The van der Waals surface area contributed by atoms with E-state index in [0.29, 0.717) is 18.6 Å². The van der Waals surface area contributed by atoms with Crippen LogP contribution >= 0.6 is 0 Å². The fraction of sp³-hybridized carbons (Fsp3) is 0.500. The average molecular weight is 209 g/mol. The van der Waals surface area contributed by atoms with Crippen LogP contribution in [-0.4, -0.2) is 22.4 Å². The van der Waals surface area contributed by atoms with Gasteiger partial charge in [-0.25, -0.2) is 0 Å². The highest BCUT2D eigenvalue weighted by Crippen LogP contribution is 2.22. The first-order valence-corrected chi connectivity index (χ1v) is 5.23. The van der Waals surface area contributed by atoms with Crippen LogP contribution in [-0.2, 0) is 6.42 Å². The highest BCUT2D eigenvalue weighted by Gasteiger charge is 2.11. The highest BCUT2D eigenvalue weighted by molar-refractivity contribution is 5.38. The summed E-state index contributed by atoms with van der Waals surface area (Å²) in [4.78, 5) is 0. The zero-order chi connectivity index (χ0) is 11.4. The van der Waals surface area contributed by atoms with Crippen LogP contribution in [0.25, 0.3) is 0 Å². The van der Waals surface area contributed by atoms with Crippen LogP contribution in [0.2, 0.25) is 0 Å². The second-order valence-corrected chi connectivity index (χ2v) is 4.04. The Bertz CT molecular complexity index is 303. The maximum Gasteiger partial charge on any atom is 0.119 e. The minimum Gasteiger partial charge on any atom is -0.508 e. The number of aliphatic hydroxyl groups is 1. The molecule has 0 aliphatic rings. The molecule has 84 valence electrons. The van der Waals surface area contributed by atoms with Gasteiger partial charge < -0.3 is 15.9 Å². The number of aryl methyl sites for hydroxylation is 1. The van der Waals surface area contributed by atoms with Gasteiger partial charge in [-0.15, -0.1) is 0 Å². The number of rotatable bonds is 4. The van der Waals surface area contributed by atoms with Crippen molar-refractivity contribution >= 4 is 0 Å². The fourth-order valence-electron chi connectivity index (χ4n) is 1.57. The molecular formula is C12H19NO2. The largest absolute Gasteiger partial charge is 0.508 e. The molecule has 0 aromatic heterocycles. The molecule has 0 aliphatic carbocycles. The first-order chi connectivity index (χ1) is 7.02. The molecule has 4 N–H and O–H groups in total. The Balaban J connectivity index is 2.65. The van der Waals surface area contributed by atoms with Crippen LogP contribution < -0.4 is 5.73 Å². The predicted octanol–water partition coefficient (Wildman–Crippen LogP) is 1.34. The molecule has 2 unspecified atom stereocenters. The standard InChI is InChI=1S/C12H19NO2/c1-8-4-3-5-12(15)10(8)6-7-11(14)9(2)13/h3-5,9,11,14-15H,6-7,13H2,1-2H3. The summed E-state index contributed by atoms with van der Waals surface area (Å²) >= 11 is 0. The Labute approximate surface area is 90.5 Å². The van der Waals surface area contributed by atoms with Crippen LogP contribution in [0.4, 0.5) is 0 Å².